The van der Waals surface area contributed by atoms with Crippen LogP contribution in [0.2, 0.25) is 0 Å². The first-order valence-corrected chi connectivity index (χ1v) is 29.6. The lowest BCUT2D eigenvalue weighted by molar-refractivity contribution is -0.197. The van der Waals surface area contributed by atoms with Crippen LogP contribution in [0, 0.1) is 0 Å². The van der Waals surface area contributed by atoms with Crippen LogP contribution in [0.4, 0.5) is 5.69 Å². The summed E-state index contributed by atoms with van der Waals surface area (Å²) in [6.07, 6.45) is 8.44. The number of allylic oxidation sites excluding steroid dienone is 3. The molecule has 1 saturated heterocycles. The molecule has 3 heterocycles. The summed E-state index contributed by atoms with van der Waals surface area (Å²) in [5.41, 5.74) is 2.14. The molecular formula is C50H70N3O20S3+. The molecule has 4 aliphatic rings. The van der Waals surface area contributed by atoms with E-state index in [2.05, 4.69) is 0 Å². The number of fused-ring (bicyclic) bond motifs is 2. The van der Waals surface area contributed by atoms with Crippen LogP contribution in [-0.2, 0) is 83.4 Å². The van der Waals surface area contributed by atoms with Crippen LogP contribution < -0.4 is 14.8 Å². The first kappa shape index (κ1) is 61.9. The van der Waals surface area contributed by atoms with Crippen molar-refractivity contribution >= 4 is 59.9 Å². The SMILES string of the molecule is COCCOCCOCCOCCOCCOCC[N+](CCCS(=O)(=O)O)=c1ccc2c(/C=C/C=C3/N(CCCCCC(=O)ON4C(=O)CCC4=O)c4ccc(S(=O)(=O)O)cc4C3(C)CCCS(=O)(=O)O)ccoc-2c1. The third-order valence-corrected chi connectivity index (χ3v) is 14.9. The van der Waals surface area contributed by atoms with Gasteiger partial charge >= 0.3 is 5.97 Å². The van der Waals surface area contributed by atoms with Crippen molar-refractivity contribution < 1.29 is 91.0 Å². The Bertz CT molecular complexity index is 2840. The third-order valence-electron chi connectivity index (χ3n) is 12.4. The number of imide groups is 1. The Balaban J connectivity index is 1.30. The van der Waals surface area contributed by atoms with E-state index in [-0.39, 0.29) is 56.6 Å². The quantitative estimate of drug-likeness (QED) is 0.0322. The molecule has 422 valence electrons. The molecule has 1 atom stereocenters. The standard InChI is InChI=1S/C50H69N3O20S3/c1-50(19-7-35-74(57,58)59)43-38-41(76(63,64)65)13-15-44(43)52(21-5-3-4-11-49(56)73-53-47(54)16-17-48(53)55)46(50)10-6-9-39-18-23-72-45-37-40(12-14-42(39)45)51(20-8-36-75(60,61)62)22-24-67-27-28-69-31-32-71-34-33-70-30-29-68-26-25-66-2/h6,9-10,12-15,18,23,37-38H,3-5,7-8,11,16-17,19-22,24-36H2,1-2H3,(H2-,57,58,59,60,61,62,63,64,65)/p+1. The topological polar surface area (TPSA) is 302 Å². The zero-order chi connectivity index (χ0) is 55.2. The first-order chi connectivity index (χ1) is 36.2. The lowest BCUT2D eigenvalue weighted by Crippen LogP contribution is -2.35. The molecule has 2 amide bonds. The van der Waals surface area contributed by atoms with Crippen molar-refractivity contribution in [2.45, 2.75) is 75.0 Å². The summed E-state index contributed by atoms with van der Waals surface area (Å²) >= 11 is 0. The predicted octanol–water partition coefficient (Wildman–Crippen LogP) is 3.92. The number of hydrogen-bond donors (Lipinski definition) is 3. The fourth-order valence-electron chi connectivity index (χ4n) is 8.63. The zero-order valence-corrected chi connectivity index (χ0v) is 45.3. The average Bonchev–Trinajstić information content (AvgIpc) is 3.79. The predicted molar refractivity (Wildman–Crippen MR) is 277 cm³/mol. The number of anilines is 1. The summed E-state index contributed by atoms with van der Waals surface area (Å²) in [5.74, 6) is -2.40. The van der Waals surface area contributed by atoms with E-state index >= 15 is 0 Å². The maximum atomic E-state index is 12.5. The molecule has 1 aromatic carbocycles. The molecule has 1 aliphatic carbocycles. The minimum Gasteiger partial charge on any atom is -0.464 e. The summed E-state index contributed by atoms with van der Waals surface area (Å²) in [6.45, 7) is 7.29. The van der Waals surface area contributed by atoms with E-state index in [0.717, 1.165) is 5.56 Å². The van der Waals surface area contributed by atoms with Crippen molar-refractivity contribution in [3.8, 4) is 11.3 Å². The van der Waals surface area contributed by atoms with Crippen LogP contribution in [0.1, 0.15) is 75.8 Å². The van der Waals surface area contributed by atoms with Gasteiger partial charge in [-0.25, -0.2) is 9.37 Å². The van der Waals surface area contributed by atoms with Gasteiger partial charge in [0.2, 0.25) is 5.36 Å². The smallest absolute Gasteiger partial charge is 0.333 e. The normalized spacial score (nSPS) is 17.2. The largest absolute Gasteiger partial charge is 0.464 e. The molecule has 1 unspecified atom stereocenters. The second-order valence-corrected chi connectivity index (χ2v) is 22.6. The summed E-state index contributed by atoms with van der Waals surface area (Å²) in [6, 6.07) is 11.5. The molecule has 76 heavy (non-hydrogen) atoms. The Morgan fingerprint density at radius 3 is 1.93 bits per heavy atom. The number of methoxy groups -OCH3 is 1. The van der Waals surface area contributed by atoms with Crippen molar-refractivity contribution in [3.63, 3.8) is 0 Å². The first-order valence-electron chi connectivity index (χ1n) is 24.9. The molecule has 0 bridgehead atoms. The summed E-state index contributed by atoms with van der Waals surface area (Å²) < 4.78 is 141. The summed E-state index contributed by atoms with van der Waals surface area (Å²) in [5, 5.41) is 1.20. The minimum atomic E-state index is -4.66. The molecule has 23 nitrogen and oxygen atoms in total. The fraction of sp³-hybridized carbons (Fsp3) is 0.560. The molecule has 3 aliphatic heterocycles. The van der Waals surface area contributed by atoms with E-state index in [1.54, 1.807) is 25.3 Å². The van der Waals surface area contributed by atoms with Crippen molar-refractivity contribution in [2.24, 2.45) is 0 Å². The Hall–Kier alpha value is -4.97. The zero-order valence-electron chi connectivity index (χ0n) is 42.9. The van der Waals surface area contributed by atoms with Crippen LogP contribution in [0.15, 0.2) is 75.9 Å². The summed E-state index contributed by atoms with van der Waals surface area (Å²) in [4.78, 5) is 42.9. The van der Waals surface area contributed by atoms with E-state index in [9.17, 15) is 53.3 Å². The van der Waals surface area contributed by atoms with Gasteiger partial charge < -0.3 is 42.6 Å². The molecule has 1 fully saturated rings. The highest BCUT2D eigenvalue weighted by atomic mass is 32.2. The summed E-state index contributed by atoms with van der Waals surface area (Å²) in [7, 11) is -11.6. The molecule has 26 heteroatoms. The van der Waals surface area contributed by atoms with Crippen molar-refractivity contribution in [1.82, 2.24) is 9.64 Å². The molecule has 0 aromatic heterocycles. The van der Waals surface area contributed by atoms with Crippen LogP contribution in [0.25, 0.3) is 17.4 Å². The highest BCUT2D eigenvalue weighted by molar-refractivity contribution is 7.86. The number of hydroxylamine groups is 2. The number of carbonyl (C=O) groups is 3. The van der Waals surface area contributed by atoms with Crippen molar-refractivity contribution in [3.05, 3.63) is 83.1 Å². The van der Waals surface area contributed by atoms with Crippen LogP contribution in [-0.4, -0.2) is 173 Å². The molecule has 5 rings (SSSR count). The number of benzene rings is 2. The number of carbonyl (C=O) groups excluding carboxylic acids is 3. The molecule has 1 aromatic rings. The van der Waals surface area contributed by atoms with Gasteiger partial charge in [0.25, 0.3) is 42.2 Å². The van der Waals surface area contributed by atoms with Crippen LogP contribution >= 0.6 is 0 Å². The highest BCUT2D eigenvalue weighted by Crippen LogP contribution is 2.51. The van der Waals surface area contributed by atoms with E-state index in [1.165, 1.54) is 18.4 Å². The number of hydrogen-bond acceptors (Lipinski definition) is 18. The van der Waals surface area contributed by atoms with Crippen LogP contribution in [0.5, 0.6) is 0 Å². The lowest BCUT2D eigenvalue weighted by Gasteiger charge is -2.30. The Kier molecular flexibility index (Phi) is 24.6. The molecule has 0 spiro atoms. The molecule has 3 N–H and O–H groups in total. The second-order valence-electron chi connectivity index (χ2n) is 18.0. The average molecular weight is 1130 g/mol. The highest BCUT2D eigenvalue weighted by Gasteiger charge is 2.44. The third kappa shape index (κ3) is 20.1. The second kappa shape index (κ2) is 30.3. The van der Waals surface area contributed by atoms with Gasteiger partial charge in [-0.15, -0.1) is 5.06 Å². The number of amides is 2. The monoisotopic (exact) mass is 1130 g/mol. The van der Waals surface area contributed by atoms with Crippen molar-refractivity contribution in [2.75, 3.05) is 116 Å². The van der Waals surface area contributed by atoms with E-state index in [0.29, 0.717) is 137 Å². The van der Waals surface area contributed by atoms with Gasteiger partial charge in [0, 0.05) is 67.8 Å². The van der Waals surface area contributed by atoms with Gasteiger partial charge in [0.05, 0.1) is 94.8 Å². The number of unbranched alkanes of at least 4 members (excludes halogenated alkanes) is 2. The fourth-order valence-corrected chi connectivity index (χ4v) is 10.1. The van der Waals surface area contributed by atoms with E-state index < -0.39 is 65.1 Å². The van der Waals surface area contributed by atoms with Gasteiger partial charge in [-0.1, -0.05) is 18.6 Å². The van der Waals surface area contributed by atoms with Gasteiger partial charge in [-0.2, -0.15) is 25.3 Å². The molecule has 0 radical (unpaired) electrons. The number of ether oxygens (including phenoxy) is 6. The molecular weight excluding hydrogens is 1060 g/mol. The van der Waals surface area contributed by atoms with Gasteiger partial charge in [0.15, 0.2) is 6.54 Å². The van der Waals surface area contributed by atoms with E-state index in [4.69, 9.17) is 37.7 Å². The Labute approximate surface area is 443 Å². The maximum absolute atomic E-state index is 12.5. The van der Waals surface area contributed by atoms with Crippen LogP contribution in [0.3, 0.4) is 0 Å². The number of nitrogens with zero attached hydrogens (tertiary/aromatic N) is 3. The maximum Gasteiger partial charge on any atom is 0.333 e. The van der Waals surface area contributed by atoms with E-state index in [1.807, 2.05) is 46.8 Å². The Morgan fingerprint density at radius 1 is 0.724 bits per heavy atom. The molecule has 0 saturated carbocycles. The lowest BCUT2D eigenvalue weighted by atomic mass is 9.77. The minimum absolute atomic E-state index is 0.00805. The van der Waals surface area contributed by atoms with Gasteiger partial charge in [-0.3, -0.25) is 23.2 Å². The van der Waals surface area contributed by atoms with Crippen molar-refractivity contribution in [1.29, 1.82) is 0 Å². The number of rotatable bonds is 36. The van der Waals surface area contributed by atoms with Gasteiger partial charge in [-0.05, 0) is 80.1 Å². The van der Waals surface area contributed by atoms with Gasteiger partial charge in [0.1, 0.15) is 18.9 Å². The Morgan fingerprint density at radius 2 is 1.33 bits per heavy atom.